The lowest BCUT2D eigenvalue weighted by Gasteiger charge is -2.05. The van der Waals surface area contributed by atoms with Gasteiger partial charge < -0.3 is 0 Å². The lowest BCUT2D eigenvalue weighted by atomic mass is 10.0. The minimum absolute atomic E-state index is 0.301. The van der Waals surface area contributed by atoms with Gasteiger partial charge in [-0.05, 0) is 35.4 Å². The number of halogens is 2. The fourth-order valence-corrected chi connectivity index (χ4v) is 1.70. The zero-order chi connectivity index (χ0) is 11.5. The van der Waals surface area contributed by atoms with E-state index >= 15 is 0 Å². The second-order valence-electron chi connectivity index (χ2n) is 3.36. The topological polar surface area (TPSA) is 17.1 Å². The van der Waals surface area contributed by atoms with Gasteiger partial charge in [-0.25, -0.2) is 4.39 Å². The Morgan fingerprint density at radius 2 is 1.75 bits per heavy atom. The number of aldehydes is 1. The van der Waals surface area contributed by atoms with E-state index in [-0.39, 0.29) is 5.82 Å². The molecule has 2 rings (SSSR count). The number of hydrogen-bond acceptors (Lipinski definition) is 1. The van der Waals surface area contributed by atoms with Crippen molar-refractivity contribution >= 4 is 17.9 Å². The summed E-state index contributed by atoms with van der Waals surface area (Å²) in [6, 6.07) is 11.0. The summed E-state index contributed by atoms with van der Waals surface area (Å²) in [6.45, 7) is 0. The highest BCUT2D eigenvalue weighted by Crippen LogP contribution is 2.25. The molecular formula is C13H8ClFO. The van der Waals surface area contributed by atoms with Crippen LogP contribution in [0.25, 0.3) is 11.1 Å². The molecule has 1 nitrogen and oxygen atoms in total. The Morgan fingerprint density at radius 3 is 2.38 bits per heavy atom. The average Bonchev–Trinajstić information content (AvgIpc) is 2.30. The fourth-order valence-electron chi connectivity index (χ4n) is 1.52. The number of rotatable bonds is 2. The van der Waals surface area contributed by atoms with Crippen LogP contribution in [0.3, 0.4) is 0 Å². The van der Waals surface area contributed by atoms with Crippen LogP contribution in [0.15, 0.2) is 42.5 Å². The predicted octanol–water partition coefficient (Wildman–Crippen LogP) is 3.96. The van der Waals surface area contributed by atoms with Crippen molar-refractivity contribution in [3.05, 3.63) is 58.9 Å². The minimum atomic E-state index is -0.301. The van der Waals surface area contributed by atoms with Crippen LogP contribution in [0, 0.1) is 5.82 Å². The number of hydrogen-bond donors (Lipinski definition) is 0. The van der Waals surface area contributed by atoms with Crippen molar-refractivity contribution in [3.63, 3.8) is 0 Å². The summed E-state index contributed by atoms with van der Waals surface area (Å²) in [5.41, 5.74) is 2.04. The molecule has 0 aromatic heterocycles. The Morgan fingerprint density at radius 1 is 1.06 bits per heavy atom. The van der Waals surface area contributed by atoms with Crippen LogP contribution >= 0.6 is 11.6 Å². The lowest BCUT2D eigenvalue weighted by Crippen LogP contribution is -1.87. The van der Waals surface area contributed by atoms with Gasteiger partial charge in [-0.2, -0.15) is 0 Å². The second-order valence-corrected chi connectivity index (χ2v) is 3.79. The Kier molecular flexibility index (Phi) is 3.02. The van der Waals surface area contributed by atoms with E-state index in [0.29, 0.717) is 10.6 Å². The first-order chi connectivity index (χ1) is 7.70. The molecular weight excluding hydrogens is 227 g/mol. The summed E-state index contributed by atoms with van der Waals surface area (Å²) in [5.74, 6) is -0.301. The number of benzene rings is 2. The highest BCUT2D eigenvalue weighted by atomic mass is 35.5. The van der Waals surface area contributed by atoms with E-state index < -0.39 is 0 Å². The molecule has 0 aliphatic heterocycles. The third kappa shape index (κ3) is 2.12. The van der Waals surface area contributed by atoms with Gasteiger partial charge in [0.05, 0.1) is 0 Å². The zero-order valence-electron chi connectivity index (χ0n) is 8.28. The first kappa shape index (κ1) is 10.8. The molecule has 0 heterocycles. The molecule has 0 radical (unpaired) electrons. The maximum absolute atomic E-state index is 12.8. The molecule has 0 bridgehead atoms. The van der Waals surface area contributed by atoms with E-state index in [1.165, 1.54) is 12.1 Å². The maximum atomic E-state index is 12.8. The van der Waals surface area contributed by atoms with E-state index in [4.69, 9.17) is 11.6 Å². The summed E-state index contributed by atoms with van der Waals surface area (Å²) in [5, 5.41) is 0.507. The molecule has 0 fully saturated rings. The SMILES string of the molecule is O=Cc1cc(Cl)ccc1-c1ccc(F)cc1. The van der Waals surface area contributed by atoms with Crippen LogP contribution in [0.5, 0.6) is 0 Å². The smallest absolute Gasteiger partial charge is 0.150 e. The van der Waals surface area contributed by atoms with E-state index in [1.54, 1.807) is 30.3 Å². The normalized spacial score (nSPS) is 10.1. The van der Waals surface area contributed by atoms with Gasteiger partial charge >= 0.3 is 0 Å². The van der Waals surface area contributed by atoms with Gasteiger partial charge in [0.25, 0.3) is 0 Å². The van der Waals surface area contributed by atoms with E-state index in [0.717, 1.165) is 17.4 Å². The van der Waals surface area contributed by atoms with Crippen molar-refractivity contribution in [2.24, 2.45) is 0 Å². The molecule has 80 valence electrons. The quantitative estimate of drug-likeness (QED) is 0.719. The van der Waals surface area contributed by atoms with E-state index in [2.05, 4.69) is 0 Å². The molecule has 0 amide bonds. The molecule has 0 saturated heterocycles. The van der Waals surface area contributed by atoms with Crippen LogP contribution < -0.4 is 0 Å². The second kappa shape index (κ2) is 4.45. The summed E-state index contributed by atoms with van der Waals surface area (Å²) in [7, 11) is 0. The molecule has 0 N–H and O–H groups in total. The van der Waals surface area contributed by atoms with Gasteiger partial charge in [-0.15, -0.1) is 0 Å². The number of carbonyl (C=O) groups is 1. The Labute approximate surface area is 97.5 Å². The molecule has 0 saturated carbocycles. The first-order valence-corrected chi connectivity index (χ1v) is 5.09. The molecule has 0 spiro atoms. The Balaban J connectivity index is 2.55. The molecule has 16 heavy (non-hydrogen) atoms. The monoisotopic (exact) mass is 234 g/mol. The van der Waals surface area contributed by atoms with Crippen molar-refractivity contribution < 1.29 is 9.18 Å². The van der Waals surface area contributed by atoms with Crippen molar-refractivity contribution in [1.29, 1.82) is 0 Å². The van der Waals surface area contributed by atoms with Crippen molar-refractivity contribution in [2.75, 3.05) is 0 Å². The Hall–Kier alpha value is -1.67. The van der Waals surface area contributed by atoms with Crippen LogP contribution in [0.2, 0.25) is 5.02 Å². The van der Waals surface area contributed by atoms with Gasteiger partial charge in [0.1, 0.15) is 5.82 Å². The maximum Gasteiger partial charge on any atom is 0.150 e. The van der Waals surface area contributed by atoms with Gasteiger partial charge in [-0.1, -0.05) is 29.8 Å². The van der Waals surface area contributed by atoms with E-state index in [9.17, 15) is 9.18 Å². The van der Waals surface area contributed by atoms with Crippen LogP contribution in [-0.2, 0) is 0 Å². The number of carbonyl (C=O) groups excluding carboxylic acids is 1. The van der Waals surface area contributed by atoms with E-state index in [1.807, 2.05) is 0 Å². The van der Waals surface area contributed by atoms with Gasteiger partial charge in [0.15, 0.2) is 6.29 Å². The van der Waals surface area contributed by atoms with Gasteiger partial charge in [0, 0.05) is 10.6 Å². The molecule has 0 aliphatic carbocycles. The predicted molar refractivity (Wildman–Crippen MR) is 62.2 cm³/mol. The Bertz CT molecular complexity index is 520. The summed E-state index contributed by atoms with van der Waals surface area (Å²) < 4.78 is 12.8. The highest BCUT2D eigenvalue weighted by Gasteiger charge is 2.05. The molecule has 3 heteroatoms. The minimum Gasteiger partial charge on any atom is -0.298 e. The molecule has 2 aromatic rings. The lowest BCUT2D eigenvalue weighted by molar-refractivity contribution is 0.112. The largest absolute Gasteiger partial charge is 0.298 e. The zero-order valence-corrected chi connectivity index (χ0v) is 9.04. The van der Waals surface area contributed by atoms with Gasteiger partial charge in [-0.3, -0.25) is 4.79 Å². The highest BCUT2D eigenvalue weighted by molar-refractivity contribution is 6.31. The summed E-state index contributed by atoms with van der Waals surface area (Å²) in [6.07, 6.45) is 0.741. The van der Waals surface area contributed by atoms with Gasteiger partial charge in [0.2, 0.25) is 0 Å². The van der Waals surface area contributed by atoms with Crippen molar-refractivity contribution in [1.82, 2.24) is 0 Å². The third-order valence-corrected chi connectivity index (χ3v) is 2.53. The molecule has 0 aliphatic rings. The summed E-state index contributed by atoms with van der Waals surface area (Å²) in [4.78, 5) is 10.9. The first-order valence-electron chi connectivity index (χ1n) is 4.71. The molecule has 2 aromatic carbocycles. The standard InChI is InChI=1S/C13H8ClFO/c14-11-3-6-13(10(7-11)8-16)9-1-4-12(15)5-2-9/h1-8H. The molecule has 0 atom stereocenters. The van der Waals surface area contributed by atoms with Crippen molar-refractivity contribution in [3.8, 4) is 11.1 Å². The van der Waals surface area contributed by atoms with Crippen LogP contribution in [-0.4, -0.2) is 6.29 Å². The van der Waals surface area contributed by atoms with Crippen LogP contribution in [0.1, 0.15) is 10.4 Å². The summed E-state index contributed by atoms with van der Waals surface area (Å²) >= 11 is 5.79. The van der Waals surface area contributed by atoms with Crippen molar-refractivity contribution in [2.45, 2.75) is 0 Å². The third-order valence-electron chi connectivity index (χ3n) is 2.30. The average molecular weight is 235 g/mol. The fraction of sp³-hybridized carbons (Fsp3) is 0. The molecule has 0 unspecified atom stereocenters. The van der Waals surface area contributed by atoms with Crippen LogP contribution in [0.4, 0.5) is 4.39 Å².